The zero-order chi connectivity index (χ0) is 28.6. The minimum atomic E-state index is -5.10. The van der Waals surface area contributed by atoms with Gasteiger partial charge in [0, 0.05) is 44.8 Å². The van der Waals surface area contributed by atoms with Gasteiger partial charge in [-0.3, -0.25) is 14.5 Å². The van der Waals surface area contributed by atoms with Gasteiger partial charge in [0.1, 0.15) is 5.82 Å². The summed E-state index contributed by atoms with van der Waals surface area (Å²) in [5.74, 6) is -3.40. The molecule has 7 nitrogen and oxygen atoms in total. The Balaban J connectivity index is 1.96. The summed E-state index contributed by atoms with van der Waals surface area (Å²) >= 11 is 0. The molecule has 0 saturated carbocycles. The fraction of sp³-hybridized carbons (Fsp3) is 0.375. The molecule has 2 N–H and O–H groups in total. The van der Waals surface area contributed by atoms with Crippen molar-refractivity contribution >= 4 is 23.5 Å². The maximum absolute atomic E-state index is 13.5. The number of hydrogen-bond acceptors (Lipinski definition) is 3. The third-order valence-electron chi connectivity index (χ3n) is 6.42. The highest BCUT2D eigenvalue weighted by molar-refractivity contribution is 6.34. The number of piperidine rings is 1. The van der Waals surface area contributed by atoms with E-state index in [-0.39, 0.29) is 25.6 Å². The molecular weight excluding hydrogens is 525 g/mol. The molecule has 14 heteroatoms. The van der Waals surface area contributed by atoms with Crippen LogP contribution in [0.25, 0.3) is 0 Å². The summed E-state index contributed by atoms with van der Waals surface area (Å²) in [5.41, 5.74) is 1.79. The van der Waals surface area contributed by atoms with Gasteiger partial charge in [-0.25, -0.2) is 9.18 Å². The van der Waals surface area contributed by atoms with Crippen molar-refractivity contribution in [2.75, 3.05) is 32.1 Å². The minimum absolute atomic E-state index is 0.00670. The molecule has 2 unspecified atom stereocenters. The summed E-state index contributed by atoms with van der Waals surface area (Å²) in [6.45, 7) is -0.103. The van der Waals surface area contributed by atoms with Gasteiger partial charge in [-0.15, -0.1) is 0 Å². The molecule has 0 radical (unpaired) electrons. The molecule has 4 amide bonds. The van der Waals surface area contributed by atoms with Gasteiger partial charge in [-0.1, -0.05) is 12.1 Å². The van der Waals surface area contributed by atoms with Crippen molar-refractivity contribution in [3.05, 3.63) is 65.0 Å². The Kier molecular flexibility index (Phi) is 7.94. The van der Waals surface area contributed by atoms with Crippen molar-refractivity contribution in [1.82, 2.24) is 9.80 Å². The summed E-state index contributed by atoms with van der Waals surface area (Å²) in [5, 5.41) is 0. The standard InChI is InChI=1S/C24H23F7N4O3/c1-33(17-10-14(23(26,27)28)9-15(11-17)24(29,30)31)22(38)34(2)19-7-8-35(21(37)20(32)36)12-18(19)13-3-5-16(25)6-4-13/h3-6,9-11,18-19H,7-8,12H2,1-2H3,(H2,32,36). The van der Waals surface area contributed by atoms with Crippen LogP contribution in [0.15, 0.2) is 42.5 Å². The Morgan fingerprint density at radius 2 is 1.45 bits per heavy atom. The van der Waals surface area contributed by atoms with E-state index in [1.54, 1.807) is 0 Å². The molecule has 2 atom stereocenters. The number of primary amides is 1. The van der Waals surface area contributed by atoms with Crippen molar-refractivity contribution in [2.45, 2.75) is 30.7 Å². The van der Waals surface area contributed by atoms with Gasteiger partial charge in [0.2, 0.25) is 0 Å². The largest absolute Gasteiger partial charge is 0.416 e. The lowest BCUT2D eigenvalue weighted by atomic mass is 9.85. The summed E-state index contributed by atoms with van der Waals surface area (Å²) in [6.07, 6.45) is -10.1. The van der Waals surface area contributed by atoms with Crippen LogP contribution in [0.1, 0.15) is 29.0 Å². The Morgan fingerprint density at radius 3 is 1.92 bits per heavy atom. The molecule has 38 heavy (non-hydrogen) atoms. The second kappa shape index (κ2) is 10.5. The highest BCUT2D eigenvalue weighted by atomic mass is 19.4. The number of urea groups is 1. The molecule has 3 rings (SSSR count). The fourth-order valence-corrected chi connectivity index (χ4v) is 4.40. The van der Waals surface area contributed by atoms with E-state index in [0.717, 1.165) is 29.0 Å². The molecule has 0 aliphatic carbocycles. The van der Waals surface area contributed by atoms with Gasteiger partial charge in [0.25, 0.3) is 0 Å². The van der Waals surface area contributed by atoms with E-state index in [1.165, 1.54) is 19.2 Å². The zero-order valence-corrected chi connectivity index (χ0v) is 20.1. The van der Waals surface area contributed by atoms with Crippen molar-refractivity contribution in [1.29, 1.82) is 0 Å². The van der Waals surface area contributed by atoms with Gasteiger partial charge in [0.15, 0.2) is 0 Å². The normalized spacial score (nSPS) is 18.2. The highest BCUT2D eigenvalue weighted by Crippen LogP contribution is 2.39. The van der Waals surface area contributed by atoms with Gasteiger partial charge in [-0.2, -0.15) is 26.3 Å². The first-order valence-electron chi connectivity index (χ1n) is 11.1. The first kappa shape index (κ1) is 28.7. The number of amides is 4. The molecule has 1 aliphatic rings. The second-order valence-electron chi connectivity index (χ2n) is 8.85. The number of nitrogens with two attached hydrogens (primary N) is 1. The van der Waals surface area contributed by atoms with Crippen LogP contribution in [0.3, 0.4) is 0 Å². The number of likely N-dealkylation sites (tertiary alicyclic amines) is 1. The van der Waals surface area contributed by atoms with E-state index >= 15 is 0 Å². The number of anilines is 1. The maximum atomic E-state index is 13.5. The topological polar surface area (TPSA) is 87.0 Å². The van der Waals surface area contributed by atoms with Crippen molar-refractivity contribution in [3.8, 4) is 0 Å². The average molecular weight is 548 g/mol. The number of halogens is 7. The Morgan fingerprint density at radius 1 is 0.921 bits per heavy atom. The van der Waals surface area contributed by atoms with Crippen LogP contribution in [0, 0.1) is 5.82 Å². The quantitative estimate of drug-likeness (QED) is 0.461. The van der Waals surface area contributed by atoms with Crippen LogP contribution in [0.2, 0.25) is 0 Å². The molecule has 1 heterocycles. The zero-order valence-electron chi connectivity index (χ0n) is 20.1. The lowest BCUT2D eigenvalue weighted by Gasteiger charge is -2.43. The molecule has 2 aromatic rings. The van der Waals surface area contributed by atoms with E-state index < -0.39 is 64.8 Å². The monoisotopic (exact) mass is 548 g/mol. The van der Waals surface area contributed by atoms with Crippen LogP contribution in [-0.4, -0.2) is 60.9 Å². The lowest BCUT2D eigenvalue weighted by molar-refractivity contribution is -0.145. The Bertz CT molecular complexity index is 1180. The summed E-state index contributed by atoms with van der Waals surface area (Å²) in [4.78, 5) is 39.8. The van der Waals surface area contributed by atoms with E-state index in [1.807, 2.05) is 0 Å². The number of carbonyl (C=O) groups excluding carboxylic acids is 3. The molecule has 0 bridgehead atoms. The molecule has 1 aliphatic heterocycles. The third-order valence-corrected chi connectivity index (χ3v) is 6.42. The number of nitrogens with zero attached hydrogens (tertiary/aromatic N) is 3. The van der Waals surface area contributed by atoms with Crippen LogP contribution < -0.4 is 10.6 Å². The average Bonchev–Trinajstić information content (AvgIpc) is 2.85. The van der Waals surface area contributed by atoms with Crippen molar-refractivity contribution in [3.63, 3.8) is 0 Å². The van der Waals surface area contributed by atoms with Crippen LogP contribution in [0.5, 0.6) is 0 Å². The van der Waals surface area contributed by atoms with Crippen molar-refractivity contribution < 1.29 is 45.1 Å². The molecule has 0 aromatic heterocycles. The Hall–Kier alpha value is -3.84. The predicted octanol–water partition coefficient (Wildman–Crippen LogP) is 4.22. The third kappa shape index (κ3) is 6.17. The maximum Gasteiger partial charge on any atom is 0.416 e. The van der Waals surface area contributed by atoms with Gasteiger partial charge in [0.05, 0.1) is 11.1 Å². The van der Waals surface area contributed by atoms with E-state index in [2.05, 4.69) is 0 Å². The lowest BCUT2D eigenvalue weighted by Crippen LogP contribution is -2.55. The number of likely N-dealkylation sites (N-methyl/N-ethyl adjacent to an activating group) is 1. The number of carbonyl (C=O) groups is 3. The number of rotatable bonds is 3. The van der Waals surface area contributed by atoms with Crippen LogP contribution >= 0.6 is 0 Å². The van der Waals surface area contributed by atoms with Gasteiger partial charge < -0.3 is 15.5 Å². The van der Waals surface area contributed by atoms with Crippen LogP contribution in [0.4, 0.5) is 41.2 Å². The number of hydrogen-bond donors (Lipinski definition) is 1. The van der Waals surface area contributed by atoms with Gasteiger partial charge >= 0.3 is 30.2 Å². The minimum Gasteiger partial charge on any atom is -0.361 e. The van der Waals surface area contributed by atoms with Crippen molar-refractivity contribution in [2.24, 2.45) is 5.73 Å². The summed E-state index contributed by atoms with van der Waals surface area (Å²) in [7, 11) is 2.34. The number of benzene rings is 2. The van der Waals surface area contributed by atoms with E-state index in [0.29, 0.717) is 22.6 Å². The molecule has 2 aromatic carbocycles. The molecule has 206 valence electrons. The molecule has 1 saturated heterocycles. The number of alkyl halides is 6. The predicted molar refractivity (Wildman–Crippen MR) is 121 cm³/mol. The summed E-state index contributed by atoms with van der Waals surface area (Å²) in [6, 6.07) is 4.31. The highest BCUT2D eigenvalue weighted by Gasteiger charge is 2.40. The first-order chi connectivity index (χ1) is 17.5. The van der Waals surface area contributed by atoms with Gasteiger partial charge in [-0.05, 0) is 42.3 Å². The second-order valence-corrected chi connectivity index (χ2v) is 8.85. The molecular formula is C24H23F7N4O3. The molecule has 1 fully saturated rings. The SMILES string of the molecule is CN(C(=O)N(C)C1CCN(C(=O)C(N)=O)CC1c1ccc(F)cc1)c1cc(C(F)(F)F)cc(C(F)(F)F)c1. The summed E-state index contributed by atoms with van der Waals surface area (Å²) < 4.78 is 93.3. The Labute approximate surface area is 212 Å². The van der Waals surface area contributed by atoms with Crippen LogP contribution in [-0.2, 0) is 21.9 Å². The smallest absolute Gasteiger partial charge is 0.361 e. The van der Waals surface area contributed by atoms with E-state index in [9.17, 15) is 45.1 Å². The molecule has 0 spiro atoms. The first-order valence-corrected chi connectivity index (χ1v) is 11.1. The fourth-order valence-electron chi connectivity index (χ4n) is 4.40. The van der Waals surface area contributed by atoms with E-state index in [4.69, 9.17) is 5.73 Å².